The zero-order chi connectivity index (χ0) is 12.0. The number of amides is 2. The van der Waals surface area contributed by atoms with E-state index in [0.717, 1.165) is 38.3 Å². The predicted octanol–water partition coefficient (Wildman–Crippen LogP) is 1.85. The highest BCUT2D eigenvalue weighted by molar-refractivity contribution is 5.74. The van der Waals surface area contributed by atoms with Crippen LogP contribution in [0.2, 0.25) is 0 Å². The number of ether oxygens (including phenoxy) is 1. The van der Waals surface area contributed by atoms with Crippen LogP contribution in [0, 0.1) is 5.92 Å². The first kappa shape index (κ1) is 13.3. The van der Waals surface area contributed by atoms with E-state index >= 15 is 0 Å². The molecule has 1 heterocycles. The summed E-state index contributed by atoms with van der Waals surface area (Å²) in [5.41, 5.74) is 0. The Morgan fingerprint density at radius 3 is 2.69 bits per heavy atom. The minimum Gasteiger partial charge on any atom is -0.385 e. The topological polar surface area (TPSA) is 41.6 Å². The van der Waals surface area contributed by atoms with Gasteiger partial charge in [0.2, 0.25) is 0 Å². The Morgan fingerprint density at radius 1 is 1.50 bits per heavy atom. The summed E-state index contributed by atoms with van der Waals surface area (Å²) in [5, 5.41) is 3.01. The molecule has 1 rings (SSSR count). The standard InChI is InChI=1S/C12H24N2O2/c1-10-4-7-14(8-5-10)12(15)13-11(2)6-9-16-3/h10-11H,4-9H2,1-3H3,(H,13,15). The molecule has 1 aliphatic rings. The molecular weight excluding hydrogens is 204 g/mol. The number of rotatable bonds is 4. The van der Waals surface area contributed by atoms with Gasteiger partial charge in [-0.1, -0.05) is 6.92 Å². The average Bonchev–Trinajstić information content (AvgIpc) is 2.27. The lowest BCUT2D eigenvalue weighted by Gasteiger charge is -2.31. The molecule has 2 amide bonds. The molecule has 0 saturated carbocycles. The van der Waals surface area contributed by atoms with Crippen LogP contribution >= 0.6 is 0 Å². The summed E-state index contributed by atoms with van der Waals surface area (Å²) in [6, 6.07) is 0.266. The number of urea groups is 1. The molecule has 4 nitrogen and oxygen atoms in total. The van der Waals surface area contributed by atoms with Crippen molar-refractivity contribution in [1.29, 1.82) is 0 Å². The van der Waals surface area contributed by atoms with Crippen LogP contribution in [0.15, 0.2) is 0 Å². The van der Waals surface area contributed by atoms with Crippen LogP contribution in [-0.4, -0.2) is 43.8 Å². The van der Waals surface area contributed by atoms with Crippen LogP contribution in [-0.2, 0) is 4.74 Å². The summed E-state index contributed by atoms with van der Waals surface area (Å²) in [7, 11) is 1.68. The van der Waals surface area contributed by atoms with Crippen LogP contribution < -0.4 is 5.32 Å². The van der Waals surface area contributed by atoms with Crippen LogP contribution in [0.5, 0.6) is 0 Å². The third-order valence-corrected chi connectivity index (χ3v) is 3.20. The lowest BCUT2D eigenvalue weighted by molar-refractivity contribution is 0.162. The molecule has 0 spiro atoms. The maximum atomic E-state index is 11.9. The van der Waals surface area contributed by atoms with Gasteiger partial charge in [-0.05, 0) is 32.1 Å². The summed E-state index contributed by atoms with van der Waals surface area (Å²) in [6.45, 7) is 6.74. The van der Waals surface area contributed by atoms with Gasteiger partial charge in [-0.25, -0.2) is 4.79 Å². The van der Waals surface area contributed by atoms with E-state index in [1.54, 1.807) is 7.11 Å². The molecule has 0 aromatic heterocycles. The first-order valence-corrected chi connectivity index (χ1v) is 6.18. The maximum Gasteiger partial charge on any atom is 0.317 e. The van der Waals surface area contributed by atoms with Crippen molar-refractivity contribution in [3.05, 3.63) is 0 Å². The fourth-order valence-electron chi connectivity index (χ4n) is 1.88. The molecule has 1 N–H and O–H groups in total. The van der Waals surface area contributed by atoms with Gasteiger partial charge in [0.25, 0.3) is 0 Å². The molecule has 1 atom stereocenters. The quantitative estimate of drug-likeness (QED) is 0.798. The van der Waals surface area contributed by atoms with E-state index in [0.29, 0.717) is 6.61 Å². The van der Waals surface area contributed by atoms with Gasteiger partial charge < -0.3 is 15.0 Å². The van der Waals surface area contributed by atoms with Crippen molar-refractivity contribution in [1.82, 2.24) is 10.2 Å². The summed E-state index contributed by atoms with van der Waals surface area (Å²) >= 11 is 0. The number of methoxy groups -OCH3 is 1. The number of hydrogen-bond acceptors (Lipinski definition) is 2. The maximum absolute atomic E-state index is 11.9. The van der Waals surface area contributed by atoms with Crippen LogP contribution in [0.25, 0.3) is 0 Å². The second-order valence-electron chi connectivity index (χ2n) is 4.80. The van der Waals surface area contributed by atoms with Crippen molar-refractivity contribution < 1.29 is 9.53 Å². The van der Waals surface area contributed by atoms with Crippen molar-refractivity contribution in [2.45, 2.75) is 39.2 Å². The lowest BCUT2D eigenvalue weighted by atomic mass is 10.00. The summed E-state index contributed by atoms with van der Waals surface area (Å²) in [5.74, 6) is 0.759. The smallest absolute Gasteiger partial charge is 0.317 e. The monoisotopic (exact) mass is 228 g/mol. The third-order valence-electron chi connectivity index (χ3n) is 3.20. The first-order valence-electron chi connectivity index (χ1n) is 6.18. The number of carbonyl (C=O) groups excluding carboxylic acids is 1. The molecule has 1 aliphatic heterocycles. The average molecular weight is 228 g/mol. The van der Waals surface area contributed by atoms with Gasteiger partial charge in [-0.2, -0.15) is 0 Å². The highest BCUT2D eigenvalue weighted by Crippen LogP contribution is 2.15. The molecule has 1 unspecified atom stereocenters. The minimum atomic E-state index is 0.0792. The molecule has 0 aromatic rings. The SMILES string of the molecule is COCCC(C)NC(=O)N1CCC(C)CC1. The van der Waals surface area contributed by atoms with E-state index in [-0.39, 0.29) is 12.1 Å². The Kier molecular flexibility index (Phi) is 5.60. The Balaban J connectivity index is 2.23. The Morgan fingerprint density at radius 2 is 2.12 bits per heavy atom. The molecule has 1 saturated heterocycles. The fraction of sp³-hybridized carbons (Fsp3) is 0.917. The summed E-state index contributed by atoms with van der Waals surface area (Å²) in [4.78, 5) is 13.8. The molecule has 0 radical (unpaired) electrons. The Bertz CT molecular complexity index is 213. The zero-order valence-corrected chi connectivity index (χ0v) is 10.7. The van der Waals surface area contributed by atoms with Gasteiger partial charge in [0.05, 0.1) is 0 Å². The van der Waals surface area contributed by atoms with Gasteiger partial charge >= 0.3 is 6.03 Å². The van der Waals surface area contributed by atoms with Crippen molar-refractivity contribution in [3.8, 4) is 0 Å². The Hall–Kier alpha value is -0.770. The number of nitrogens with zero attached hydrogens (tertiary/aromatic N) is 1. The highest BCUT2D eigenvalue weighted by atomic mass is 16.5. The van der Waals surface area contributed by atoms with E-state index in [4.69, 9.17) is 4.74 Å². The fourth-order valence-corrected chi connectivity index (χ4v) is 1.88. The second kappa shape index (κ2) is 6.74. The van der Waals surface area contributed by atoms with Gasteiger partial charge in [0.15, 0.2) is 0 Å². The minimum absolute atomic E-state index is 0.0792. The molecular formula is C12H24N2O2. The van der Waals surface area contributed by atoms with Gasteiger partial charge in [-0.3, -0.25) is 0 Å². The van der Waals surface area contributed by atoms with Crippen LogP contribution in [0.1, 0.15) is 33.1 Å². The number of carbonyl (C=O) groups is 1. The normalized spacial score (nSPS) is 19.6. The first-order chi connectivity index (χ1) is 7.63. The number of nitrogens with one attached hydrogen (secondary N) is 1. The number of piperidine rings is 1. The van der Waals surface area contributed by atoms with Crippen molar-refractivity contribution in [3.63, 3.8) is 0 Å². The van der Waals surface area contributed by atoms with Crippen molar-refractivity contribution in [2.24, 2.45) is 5.92 Å². The molecule has 16 heavy (non-hydrogen) atoms. The molecule has 4 heteroatoms. The highest BCUT2D eigenvalue weighted by Gasteiger charge is 2.20. The zero-order valence-electron chi connectivity index (χ0n) is 10.7. The van der Waals surface area contributed by atoms with E-state index in [1.165, 1.54) is 0 Å². The van der Waals surface area contributed by atoms with E-state index in [2.05, 4.69) is 12.2 Å². The van der Waals surface area contributed by atoms with Crippen LogP contribution in [0.3, 0.4) is 0 Å². The van der Waals surface area contributed by atoms with E-state index in [9.17, 15) is 4.79 Å². The molecule has 94 valence electrons. The van der Waals surface area contributed by atoms with Gasteiger partial charge in [0.1, 0.15) is 0 Å². The van der Waals surface area contributed by atoms with Crippen molar-refractivity contribution in [2.75, 3.05) is 26.8 Å². The number of hydrogen-bond donors (Lipinski definition) is 1. The molecule has 0 bridgehead atoms. The largest absolute Gasteiger partial charge is 0.385 e. The summed E-state index contributed by atoms with van der Waals surface area (Å²) < 4.78 is 4.99. The summed E-state index contributed by atoms with van der Waals surface area (Å²) in [6.07, 6.45) is 3.12. The van der Waals surface area contributed by atoms with Gasteiger partial charge in [0, 0.05) is 32.8 Å². The predicted molar refractivity (Wildman–Crippen MR) is 64.5 cm³/mol. The molecule has 1 fully saturated rings. The van der Waals surface area contributed by atoms with E-state index in [1.807, 2.05) is 11.8 Å². The third kappa shape index (κ3) is 4.39. The molecule has 0 aliphatic carbocycles. The van der Waals surface area contributed by atoms with Crippen molar-refractivity contribution >= 4 is 6.03 Å². The lowest BCUT2D eigenvalue weighted by Crippen LogP contribution is -2.47. The Labute approximate surface area is 98.3 Å². The second-order valence-corrected chi connectivity index (χ2v) is 4.80. The van der Waals surface area contributed by atoms with E-state index < -0.39 is 0 Å². The van der Waals surface area contributed by atoms with Gasteiger partial charge in [-0.15, -0.1) is 0 Å². The number of likely N-dealkylation sites (tertiary alicyclic amines) is 1. The van der Waals surface area contributed by atoms with Crippen LogP contribution in [0.4, 0.5) is 4.79 Å². The molecule has 0 aromatic carbocycles.